The molecule has 1 aliphatic rings. The van der Waals surface area contributed by atoms with Gasteiger partial charge in [0.25, 0.3) is 0 Å². The molecule has 0 amide bonds. The van der Waals surface area contributed by atoms with Gasteiger partial charge in [-0.3, -0.25) is 0 Å². The van der Waals surface area contributed by atoms with Crippen molar-refractivity contribution in [1.29, 1.82) is 5.26 Å². The van der Waals surface area contributed by atoms with Crippen molar-refractivity contribution in [2.75, 3.05) is 0 Å². The molecule has 0 aliphatic heterocycles. The zero-order chi connectivity index (χ0) is 16.1. The zero-order valence-electron chi connectivity index (χ0n) is 13.0. The molecule has 23 heavy (non-hydrogen) atoms. The van der Waals surface area contributed by atoms with E-state index >= 15 is 0 Å². The molecule has 0 atom stereocenters. The molecule has 0 N–H and O–H groups in total. The third kappa shape index (κ3) is 3.60. The van der Waals surface area contributed by atoms with Crippen LogP contribution in [0.4, 0.5) is 0 Å². The van der Waals surface area contributed by atoms with Gasteiger partial charge in [-0.1, -0.05) is 48.9 Å². The second kappa shape index (κ2) is 7.11. The average Bonchev–Trinajstić information content (AvgIpc) is 2.60. The van der Waals surface area contributed by atoms with Crippen LogP contribution in [0, 0.1) is 11.3 Å². The van der Waals surface area contributed by atoms with Crippen molar-refractivity contribution in [3.63, 3.8) is 0 Å². The predicted octanol–water partition coefficient (Wildman–Crippen LogP) is 4.62. The molecule has 3 rings (SSSR count). The number of hydrogen-bond acceptors (Lipinski definition) is 3. The Balaban J connectivity index is 1.85. The number of fused-ring (bicyclic) bond motifs is 1. The molecule has 2 aromatic carbocycles. The highest BCUT2D eigenvalue weighted by Crippen LogP contribution is 2.23. The number of carbonyl (C=O) groups is 1. The fourth-order valence-corrected chi connectivity index (χ4v) is 3.07. The van der Waals surface area contributed by atoms with Crippen molar-refractivity contribution in [3.8, 4) is 6.07 Å². The Kier molecular flexibility index (Phi) is 4.73. The van der Waals surface area contributed by atoms with Crippen molar-refractivity contribution in [3.05, 3.63) is 53.6 Å². The predicted molar refractivity (Wildman–Crippen MR) is 90.5 cm³/mol. The lowest BCUT2D eigenvalue weighted by Gasteiger charge is -2.21. The molecule has 0 unspecified atom stereocenters. The molecule has 0 spiro atoms. The molecule has 1 fully saturated rings. The average molecular weight is 305 g/mol. The summed E-state index contributed by atoms with van der Waals surface area (Å²) in [5, 5.41) is 11.4. The molecule has 0 heterocycles. The molecule has 116 valence electrons. The monoisotopic (exact) mass is 305 g/mol. The van der Waals surface area contributed by atoms with Crippen molar-refractivity contribution < 1.29 is 9.53 Å². The molecule has 0 aromatic heterocycles. The van der Waals surface area contributed by atoms with Gasteiger partial charge < -0.3 is 4.74 Å². The minimum Gasteiger partial charge on any atom is -0.458 e. The van der Waals surface area contributed by atoms with Crippen LogP contribution in [0.1, 0.15) is 37.7 Å². The van der Waals surface area contributed by atoms with E-state index in [1.165, 1.54) is 6.42 Å². The van der Waals surface area contributed by atoms with Crippen molar-refractivity contribution in [2.45, 2.75) is 38.2 Å². The summed E-state index contributed by atoms with van der Waals surface area (Å²) in [5.41, 5.74) is 0.923. The summed E-state index contributed by atoms with van der Waals surface area (Å²) in [4.78, 5) is 12.3. The molecule has 0 bridgehead atoms. The summed E-state index contributed by atoms with van der Waals surface area (Å²) in [7, 11) is 0. The van der Waals surface area contributed by atoms with E-state index in [0.717, 1.165) is 42.0 Å². The van der Waals surface area contributed by atoms with Gasteiger partial charge in [-0.15, -0.1) is 0 Å². The fourth-order valence-electron chi connectivity index (χ4n) is 3.07. The van der Waals surface area contributed by atoms with Crippen LogP contribution in [-0.4, -0.2) is 12.1 Å². The summed E-state index contributed by atoms with van der Waals surface area (Å²) >= 11 is 0. The number of nitriles is 1. The van der Waals surface area contributed by atoms with Crippen LogP contribution >= 0.6 is 0 Å². The minimum atomic E-state index is -0.507. The van der Waals surface area contributed by atoms with Crippen LogP contribution in [0.15, 0.2) is 48.0 Å². The molecular formula is C20H19NO2. The summed E-state index contributed by atoms with van der Waals surface area (Å²) < 4.78 is 5.50. The summed E-state index contributed by atoms with van der Waals surface area (Å²) in [6.45, 7) is 0. The first-order valence-electron chi connectivity index (χ1n) is 8.08. The van der Waals surface area contributed by atoms with Crippen LogP contribution in [0.2, 0.25) is 0 Å². The minimum absolute atomic E-state index is 0.0412. The van der Waals surface area contributed by atoms with Gasteiger partial charge in [-0.2, -0.15) is 5.26 Å². The van der Waals surface area contributed by atoms with E-state index in [9.17, 15) is 10.1 Å². The van der Waals surface area contributed by atoms with Crippen molar-refractivity contribution >= 4 is 22.8 Å². The van der Waals surface area contributed by atoms with Gasteiger partial charge in [0.05, 0.1) is 0 Å². The molecular weight excluding hydrogens is 286 g/mol. The number of ether oxygens (including phenoxy) is 1. The molecule has 0 saturated heterocycles. The molecule has 2 aromatic rings. The maximum Gasteiger partial charge on any atom is 0.349 e. The van der Waals surface area contributed by atoms with Crippen LogP contribution in [0.3, 0.4) is 0 Å². The number of nitrogens with zero attached hydrogens (tertiary/aromatic N) is 1. The van der Waals surface area contributed by atoms with Gasteiger partial charge in [-0.05, 0) is 48.1 Å². The van der Waals surface area contributed by atoms with Crippen LogP contribution in [0.5, 0.6) is 0 Å². The summed E-state index contributed by atoms with van der Waals surface area (Å²) in [5.74, 6) is -0.507. The van der Waals surface area contributed by atoms with Crippen molar-refractivity contribution in [2.24, 2.45) is 0 Å². The summed E-state index contributed by atoms with van der Waals surface area (Å²) in [6.07, 6.45) is 6.77. The molecule has 3 nitrogen and oxygen atoms in total. The standard InChI is InChI=1S/C20H19NO2/c21-14-17(20(22)23-18-10-2-1-3-11-18)13-16-9-6-8-15-7-4-5-12-19(15)16/h4-9,12-13,18H,1-3,10-11H2/b17-13+. The summed E-state index contributed by atoms with van der Waals surface area (Å²) in [6, 6.07) is 15.8. The first-order valence-corrected chi connectivity index (χ1v) is 8.08. The number of hydrogen-bond donors (Lipinski definition) is 0. The first-order chi connectivity index (χ1) is 11.3. The molecule has 0 radical (unpaired) electrons. The third-order valence-electron chi connectivity index (χ3n) is 4.29. The van der Waals surface area contributed by atoms with Gasteiger partial charge in [0.15, 0.2) is 0 Å². The lowest BCUT2D eigenvalue weighted by atomic mass is 9.97. The van der Waals surface area contributed by atoms with Gasteiger partial charge >= 0.3 is 5.97 Å². The SMILES string of the molecule is N#C/C(=C\c1cccc2ccccc12)C(=O)OC1CCCCC1. The molecule has 1 aliphatic carbocycles. The molecule has 3 heteroatoms. The topological polar surface area (TPSA) is 50.1 Å². The van der Waals surface area contributed by atoms with E-state index < -0.39 is 5.97 Å². The van der Waals surface area contributed by atoms with Crippen molar-refractivity contribution in [1.82, 2.24) is 0 Å². The van der Waals surface area contributed by atoms with E-state index in [1.54, 1.807) is 6.08 Å². The van der Waals surface area contributed by atoms with E-state index in [2.05, 4.69) is 0 Å². The maximum absolute atomic E-state index is 12.3. The van der Waals surface area contributed by atoms with Crippen LogP contribution < -0.4 is 0 Å². The highest BCUT2D eigenvalue weighted by atomic mass is 16.5. The number of carbonyl (C=O) groups excluding carboxylic acids is 1. The smallest absolute Gasteiger partial charge is 0.349 e. The largest absolute Gasteiger partial charge is 0.458 e. The quantitative estimate of drug-likeness (QED) is 0.472. The second-order valence-corrected chi connectivity index (χ2v) is 5.90. The van der Waals surface area contributed by atoms with Gasteiger partial charge in [0, 0.05) is 0 Å². The lowest BCUT2D eigenvalue weighted by molar-refractivity contribution is -0.145. The fraction of sp³-hybridized carbons (Fsp3) is 0.300. The Labute approximate surface area is 136 Å². The Morgan fingerprint density at radius 3 is 2.61 bits per heavy atom. The lowest BCUT2D eigenvalue weighted by Crippen LogP contribution is -2.21. The number of esters is 1. The third-order valence-corrected chi connectivity index (χ3v) is 4.29. The van der Waals surface area contributed by atoms with E-state index in [1.807, 2.05) is 48.5 Å². The van der Waals surface area contributed by atoms with Gasteiger partial charge in [-0.25, -0.2) is 4.79 Å². The Bertz CT molecular complexity index is 774. The van der Waals surface area contributed by atoms with Gasteiger partial charge in [0.2, 0.25) is 0 Å². The number of benzene rings is 2. The first kappa shape index (κ1) is 15.3. The molecule has 1 saturated carbocycles. The highest BCUT2D eigenvalue weighted by molar-refractivity contribution is 6.01. The van der Waals surface area contributed by atoms with Gasteiger partial charge in [0.1, 0.15) is 17.7 Å². The highest BCUT2D eigenvalue weighted by Gasteiger charge is 2.20. The Morgan fingerprint density at radius 1 is 1.09 bits per heavy atom. The Hall–Kier alpha value is -2.60. The van der Waals surface area contributed by atoms with Crippen LogP contribution in [-0.2, 0) is 9.53 Å². The number of rotatable bonds is 3. The van der Waals surface area contributed by atoms with E-state index in [4.69, 9.17) is 4.74 Å². The maximum atomic E-state index is 12.3. The van der Waals surface area contributed by atoms with E-state index in [-0.39, 0.29) is 11.7 Å². The zero-order valence-corrected chi connectivity index (χ0v) is 13.0. The van der Waals surface area contributed by atoms with Crippen LogP contribution in [0.25, 0.3) is 16.8 Å². The second-order valence-electron chi connectivity index (χ2n) is 5.90. The van der Waals surface area contributed by atoms with E-state index in [0.29, 0.717) is 0 Å². The normalized spacial score (nSPS) is 16.0. The Morgan fingerprint density at radius 2 is 1.83 bits per heavy atom.